The van der Waals surface area contributed by atoms with E-state index < -0.39 is 23.6 Å². The molecule has 0 aromatic heterocycles. The molecule has 0 N–H and O–H groups in total. The van der Waals surface area contributed by atoms with Crippen LogP contribution in [0.5, 0.6) is 0 Å². The van der Waals surface area contributed by atoms with Crippen molar-refractivity contribution in [1.29, 1.82) is 0 Å². The van der Waals surface area contributed by atoms with E-state index in [0.717, 1.165) is 17.2 Å². The highest BCUT2D eigenvalue weighted by atomic mass is 19.4. The molecule has 1 atom stereocenters. The fourth-order valence-electron chi connectivity index (χ4n) is 4.25. The third-order valence-electron chi connectivity index (χ3n) is 5.87. The number of esters is 1. The van der Waals surface area contributed by atoms with Crippen molar-refractivity contribution in [1.82, 2.24) is 0 Å². The van der Waals surface area contributed by atoms with Crippen LogP contribution in [-0.2, 0) is 35.1 Å². The second-order valence-electron chi connectivity index (χ2n) is 8.00. The van der Waals surface area contributed by atoms with Gasteiger partial charge >= 0.3 is 12.1 Å². The van der Waals surface area contributed by atoms with Crippen molar-refractivity contribution < 1.29 is 27.5 Å². The molecule has 1 unspecified atom stereocenters. The van der Waals surface area contributed by atoms with Gasteiger partial charge in [-0.3, -0.25) is 4.79 Å². The topological polar surface area (TPSA) is 46.6 Å². The molecule has 3 aromatic carbocycles. The van der Waals surface area contributed by atoms with Gasteiger partial charge in [0.2, 0.25) is 5.91 Å². The summed E-state index contributed by atoms with van der Waals surface area (Å²) in [5, 5.41) is 0. The average Bonchev–Trinajstić information content (AvgIpc) is 2.81. The Labute approximate surface area is 189 Å². The molecule has 0 radical (unpaired) electrons. The van der Waals surface area contributed by atoms with E-state index in [9.17, 15) is 22.8 Å². The zero-order valence-electron chi connectivity index (χ0n) is 17.9. The summed E-state index contributed by atoms with van der Waals surface area (Å²) < 4.78 is 45.3. The lowest BCUT2D eigenvalue weighted by molar-refractivity contribution is -0.138. The molecule has 1 amide bonds. The number of benzene rings is 3. The van der Waals surface area contributed by atoms with Gasteiger partial charge in [0.25, 0.3) is 0 Å². The number of ether oxygens (including phenoxy) is 1. The molecule has 0 spiro atoms. The second-order valence-corrected chi connectivity index (χ2v) is 8.00. The number of anilines is 1. The molecule has 1 heterocycles. The van der Waals surface area contributed by atoms with Crippen LogP contribution in [-0.4, -0.2) is 19.0 Å². The average molecular weight is 453 g/mol. The molecule has 1 aliphatic heterocycles. The lowest BCUT2D eigenvalue weighted by Crippen LogP contribution is -2.42. The quantitative estimate of drug-likeness (QED) is 0.484. The summed E-state index contributed by atoms with van der Waals surface area (Å²) in [5.41, 5.74) is 2.13. The number of fused-ring (bicyclic) bond motifs is 1. The van der Waals surface area contributed by atoms with E-state index in [1.54, 1.807) is 42.5 Å². The van der Waals surface area contributed by atoms with Gasteiger partial charge in [-0.25, -0.2) is 4.79 Å². The number of rotatable bonds is 5. The van der Waals surface area contributed by atoms with Crippen LogP contribution >= 0.6 is 0 Å². The standard InChI is InChI=1S/C26H22F3NO3/c1-33-25(32)18-12-10-17(11-13-18)14-21-15-19-6-3-5-9-23(19)30(24(21)31)16-20-7-2-4-8-22(20)26(27,28)29/h2-13,21H,14-16H2,1H3. The van der Waals surface area contributed by atoms with E-state index >= 15 is 0 Å². The van der Waals surface area contributed by atoms with E-state index in [1.807, 2.05) is 12.1 Å². The van der Waals surface area contributed by atoms with E-state index in [0.29, 0.717) is 24.1 Å². The Kier molecular flexibility index (Phi) is 6.22. The molecule has 170 valence electrons. The Morgan fingerprint density at radius 3 is 2.36 bits per heavy atom. The van der Waals surface area contributed by atoms with Crippen molar-refractivity contribution in [2.24, 2.45) is 5.92 Å². The second kappa shape index (κ2) is 9.10. The van der Waals surface area contributed by atoms with E-state index in [-0.39, 0.29) is 18.0 Å². The number of halogens is 3. The predicted octanol–water partition coefficient (Wildman–Crippen LogP) is 5.44. The Morgan fingerprint density at radius 2 is 1.67 bits per heavy atom. The van der Waals surface area contributed by atoms with Crippen LogP contribution in [0.25, 0.3) is 0 Å². The summed E-state index contributed by atoms with van der Waals surface area (Å²) in [6, 6.07) is 19.5. The number of nitrogens with zero attached hydrogens (tertiary/aromatic N) is 1. The molecular formula is C26H22F3NO3. The minimum Gasteiger partial charge on any atom is -0.465 e. The molecule has 1 aliphatic rings. The van der Waals surface area contributed by atoms with E-state index in [2.05, 4.69) is 0 Å². The van der Waals surface area contributed by atoms with Crippen LogP contribution in [0, 0.1) is 5.92 Å². The number of alkyl halides is 3. The lowest BCUT2D eigenvalue weighted by Gasteiger charge is -2.35. The van der Waals surface area contributed by atoms with Gasteiger partial charge < -0.3 is 9.64 Å². The maximum Gasteiger partial charge on any atom is 0.416 e. The van der Waals surface area contributed by atoms with Crippen molar-refractivity contribution in [2.75, 3.05) is 12.0 Å². The van der Waals surface area contributed by atoms with Crippen molar-refractivity contribution in [2.45, 2.75) is 25.6 Å². The smallest absolute Gasteiger partial charge is 0.416 e. The van der Waals surface area contributed by atoms with Crippen LogP contribution in [0.3, 0.4) is 0 Å². The molecule has 0 bridgehead atoms. The van der Waals surface area contributed by atoms with Gasteiger partial charge in [-0.2, -0.15) is 13.2 Å². The highest BCUT2D eigenvalue weighted by molar-refractivity contribution is 5.98. The zero-order chi connectivity index (χ0) is 23.6. The first-order chi connectivity index (χ1) is 15.8. The van der Waals surface area contributed by atoms with Crippen LogP contribution < -0.4 is 4.90 Å². The molecule has 0 saturated carbocycles. The third kappa shape index (κ3) is 4.77. The van der Waals surface area contributed by atoms with Crippen LogP contribution in [0.15, 0.2) is 72.8 Å². The Hall–Kier alpha value is -3.61. The first-order valence-electron chi connectivity index (χ1n) is 10.5. The fourth-order valence-corrected chi connectivity index (χ4v) is 4.25. The summed E-state index contributed by atoms with van der Waals surface area (Å²) in [7, 11) is 1.31. The molecule has 7 heteroatoms. The minimum absolute atomic E-state index is 0.0521. The first-order valence-corrected chi connectivity index (χ1v) is 10.5. The maximum atomic E-state index is 13.5. The van der Waals surface area contributed by atoms with Gasteiger partial charge in [-0.05, 0) is 53.8 Å². The van der Waals surface area contributed by atoms with E-state index in [4.69, 9.17) is 4.74 Å². The van der Waals surface area contributed by atoms with Gasteiger partial charge in [0.15, 0.2) is 0 Å². The number of amides is 1. The highest BCUT2D eigenvalue weighted by Crippen LogP contribution is 2.36. The van der Waals surface area contributed by atoms with Gasteiger partial charge in [-0.1, -0.05) is 48.5 Å². The maximum absolute atomic E-state index is 13.5. The molecule has 0 fully saturated rings. The van der Waals surface area contributed by atoms with Crippen LogP contribution in [0.2, 0.25) is 0 Å². The third-order valence-corrected chi connectivity index (χ3v) is 5.87. The molecular weight excluding hydrogens is 431 g/mol. The number of carbonyl (C=O) groups excluding carboxylic acids is 2. The summed E-state index contributed by atoms with van der Waals surface area (Å²) >= 11 is 0. The fraction of sp³-hybridized carbons (Fsp3) is 0.231. The first kappa shape index (κ1) is 22.6. The van der Waals surface area contributed by atoms with Crippen molar-refractivity contribution in [3.05, 3.63) is 101 Å². The number of methoxy groups -OCH3 is 1. The number of hydrogen-bond donors (Lipinski definition) is 0. The summed E-state index contributed by atoms with van der Waals surface area (Å²) in [5.74, 6) is -1.09. The summed E-state index contributed by atoms with van der Waals surface area (Å²) in [6.07, 6.45) is -3.60. The van der Waals surface area contributed by atoms with Crippen molar-refractivity contribution >= 4 is 17.6 Å². The van der Waals surface area contributed by atoms with Gasteiger partial charge in [0.1, 0.15) is 0 Å². The van der Waals surface area contributed by atoms with Crippen LogP contribution in [0.1, 0.15) is 32.6 Å². The molecule has 0 aliphatic carbocycles. The zero-order valence-corrected chi connectivity index (χ0v) is 17.9. The van der Waals surface area contributed by atoms with Crippen molar-refractivity contribution in [3.63, 3.8) is 0 Å². The molecule has 0 saturated heterocycles. The summed E-state index contributed by atoms with van der Waals surface area (Å²) in [4.78, 5) is 26.6. The Balaban J connectivity index is 1.63. The SMILES string of the molecule is COC(=O)c1ccc(CC2Cc3ccccc3N(Cc3ccccc3C(F)(F)F)C2=O)cc1. The largest absolute Gasteiger partial charge is 0.465 e. The normalized spacial score (nSPS) is 15.8. The summed E-state index contributed by atoms with van der Waals surface area (Å²) in [6.45, 7) is -0.163. The highest BCUT2D eigenvalue weighted by Gasteiger charge is 2.36. The Morgan fingerprint density at radius 1 is 1.00 bits per heavy atom. The number of hydrogen-bond acceptors (Lipinski definition) is 3. The monoisotopic (exact) mass is 453 g/mol. The minimum atomic E-state index is -4.50. The molecule has 4 nitrogen and oxygen atoms in total. The molecule has 33 heavy (non-hydrogen) atoms. The van der Waals surface area contributed by atoms with Gasteiger partial charge in [0, 0.05) is 11.6 Å². The van der Waals surface area contributed by atoms with Gasteiger partial charge in [-0.15, -0.1) is 0 Å². The van der Waals surface area contributed by atoms with Crippen LogP contribution in [0.4, 0.5) is 18.9 Å². The number of para-hydroxylation sites is 1. The van der Waals surface area contributed by atoms with Crippen molar-refractivity contribution in [3.8, 4) is 0 Å². The lowest BCUT2D eigenvalue weighted by atomic mass is 9.86. The number of carbonyl (C=O) groups is 2. The Bertz CT molecular complexity index is 1170. The molecule has 3 aromatic rings. The molecule has 4 rings (SSSR count). The van der Waals surface area contributed by atoms with Gasteiger partial charge in [0.05, 0.1) is 24.8 Å². The van der Waals surface area contributed by atoms with E-state index in [1.165, 1.54) is 24.1 Å². The predicted molar refractivity (Wildman–Crippen MR) is 118 cm³/mol.